The monoisotopic (exact) mass is 318 g/mol. The van der Waals surface area contributed by atoms with Crippen molar-refractivity contribution in [2.45, 2.75) is 77.1 Å². The fourth-order valence-corrected chi connectivity index (χ4v) is 3.05. The van der Waals surface area contributed by atoms with Gasteiger partial charge in [0.05, 0.1) is 0 Å². The molecule has 134 valence electrons. The van der Waals surface area contributed by atoms with Gasteiger partial charge in [-0.15, -0.1) is 0 Å². The summed E-state index contributed by atoms with van der Waals surface area (Å²) in [4.78, 5) is 0. The molecule has 1 atom stereocenters. The summed E-state index contributed by atoms with van der Waals surface area (Å²) in [7, 11) is 4.93. The van der Waals surface area contributed by atoms with Gasteiger partial charge in [0.2, 0.25) is 0 Å². The molecular weight excluding hydrogens is 280 g/mol. The lowest BCUT2D eigenvalue weighted by Gasteiger charge is -2.36. The Balaban J connectivity index is 4.23. The second-order valence-electron chi connectivity index (χ2n) is 5.92. The SMILES string of the molecule is CCCCCCCCCC(CCCNN)C(OC)(OC)OC. The summed E-state index contributed by atoms with van der Waals surface area (Å²) in [6.45, 7) is 3.04. The first kappa shape index (κ1) is 21.8. The van der Waals surface area contributed by atoms with Crippen molar-refractivity contribution in [3.05, 3.63) is 0 Å². The molecule has 0 spiro atoms. The third-order valence-electron chi connectivity index (χ3n) is 4.38. The van der Waals surface area contributed by atoms with E-state index in [9.17, 15) is 0 Å². The maximum Gasteiger partial charge on any atom is 0.285 e. The van der Waals surface area contributed by atoms with Crippen LogP contribution >= 0.6 is 0 Å². The summed E-state index contributed by atoms with van der Waals surface area (Å²) in [5.41, 5.74) is 2.70. The normalized spacial score (nSPS) is 13.5. The van der Waals surface area contributed by atoms with Gasteiger partial charge in [0.1, 0.15) is 0 Å². The maximum atomic E-state index is 5.54. The standard InChI is InChI=1S/C17H38N2O3/c1-5-6-7-8-9-10-11-13-16(14-12-15-19-18)17(20-2,21-3)22-4/h16,19H,5-15,18H2,1-4H3. The van der Waals surface area contributed by atoms with Crippen LogP contribution in [-0.2, 0) is 14.2 Å². The van der Waals surface area contributed by atoms with Crippen LogP contribution in [0.4, 0.5) is 0 Å². The molecule has 0 fully saturated rings. The number of hydrogen-bond donors (Lipinski definition) is 2. The first-order valence-corrected chi connectivity index (χ1v) is 8.79. The summed E-state index contributed by atoms with van der Waals surface area (Å²) in [5.74, 6) is 4.64. The third-order valence-corrected chi connectivity index (χ3v) is 4.38. The second kappa shape index (κ2) is 14.4. The predicted molar refractivity (Wildman–Crippen MR) is 91.3 cm³/mol. The number of hydrogen-bond acceptors (Lipinski definition) is 5. The predicted octanol–water partition coefficient (Wildman–Crippen LogP) is 3.58. The molecule has 0 aromatic heterocycles. The zero-order valence-electron chi connectivity index (χ0n) is 15.2. The fraction of sp³-hybridized carbons (Fsp3) is 1.00. The largest absolute Gasteiger partial charge is 0.331 e. The van der Waals surface area contributed by atoms with Crippen molar-refractivity contribution >= 4 is 0 Å². The van der Waals surface area contributed by atoms with Crippen molar-refractivity contribution in [2.75, 3.05) is 27.9 Å². The van der Waals surface area contributed by atoms with Gasteiger partial charge >= 0.3 is 0 Å². The molecule has 0 amide bonds. The van der Waals surface area contributed by atoms with Crippen LogP contribution in [0.5, 0.6) is 0 Å². The van der Waals surface area contributed by atoms with Gasteiger partial charge in [0, 0.05) is 33.8 Å². The van der Waals surface area contributed by atoms with Crippen LogP contribution in [0.15, 0.2) is 0 Å². The number of methoxy groups -OCH3 is 3. The van der Waals surface area contributed by atoms with Gasteiger partial charge in [-0.25, -0.2) is 0 Å². The number of ether oxygens (including phenoxy) is 3. The van der Waals surface area contributed by atoms with E-state index in [-0.39, 0.29) is 5.92 Å². The number of rotatable bonds is 16. The van der Waals surface area contributed by atoms with Crippen LogP contribution < -0.4 is 11.3 Å². The van der Waals surface area contributed by atoms with Crippen molar-refractivity contribution < 1.29 is 14.2 Å². The zero-order valence-corrected chi connectivity index (χ0v) is 15.2. The zero-order chi connectivity index (χ0) is 16.7. The van der Waals surface area contributed by atoms with E-state index in [0.29, 0.717) is 0 Å². The number of nitrogens with one attached hydrogen (secondary N) is 1. The van der Waals surface area contributed by atoms with Crippen LogP contribution in [0.25, 0.3) is 0 Å². The molecule has 0 radical (unpaired) electrons. The molecular formula is C17H38N2O3. The van der Waals surface area contributed by atoms with E-state index in [0.717, 1.165) is 25.8 Å². The smallest absolute Gasteiger partial charge is 0.285 e. The first-order chi connectivity index (χ1) is 10.7. The molecule has 0 rings (SSSR count). The lowest BCUT2D eigenvalue weighted by atomic mass is 9.93. The minimum absolute atomic E-state index is 0.219. The van der Waals surface area contributed by atoms with Gasteiger partial charge in [-0.3, -0.25) is 11.3 Å². The highest BCUT2D eigenvalue weighted by molar-refractivity contribution is 4.72. The van der Waals surface area contributed by atoms with E-state index in [2.05, 4.69) is 12.3 Å². The van der Waals surface area contributed by atoms with Gasteiger partial charge in [-0.1, -0.05) is 51.9 Å². The van der Waals surface area contributed by atoms with Crippen LogP contribution in [0.2, 0.25) is 0 Å². The Morgan fingerprint density at radius 2 is 1.32 bits per heavy atom. The molecule has 0 bridgehead atoms. The Kier molecular flexibility index (Phi) is 14.3. The molecule has 0 saturated carbocycles. The Morgan fingerprint density at radius 1 is 0.818 bits per heavy atom. The Hall–Kier alpha value is -0.200. The van der Waals surface area contributed by atoms with Gasteiger partial charge in [-0.05, 0) is 19.3 Å². The number of nitrogens with two attached hydrogens (primary N) is 1. The van der Waals surface area contributed by atoms with E-state index < -0.39 is 5.97 Å². The molecule has 0 heterocycles. The van der Waals surface area contributed by atoms with Crippen molar-refractivity contribution in [2.24, 2.45) is 11.8 Å². The molecule has 0 saturated heterocycles. The van der Waals surface area contributed by atoms with E-state index in [1.54, 1.807) is 21.3 Å². The summed E-state index contributed by atoms with van der Waals surface area (Å²) in [6.07, 6.45) is 12.1. The maximum absolute atomic E-state index is 5.54. The lowest BCUT2D eigenvalue weighted by Crippen LogP contribution is -2.44. The average molecular weight is 319 g/mol. The molecule has 0 aliphatic rings. The van der Waals surface area contributed by atoms with Gasteiger partial charge < -0.3 is 14.2 Å². The van der Waals surface area contributed by atoms with Gasteiger partial charge in [0.25, 0.3) is 5.97 Å². The first-order valence-electron chi connectivity index (χ1n) is 8.79. The van der Waals surface area contributed by atoms with E-state index in [4.69, 9.17) is 20.1 Å². The fourth-order valence-electron chi connectivity index (χ4n) is 3.05. The molecule has 3 N–H and O–H groups in total. The summed E-state index contributed by atoms with van der Waals surface area (Å²) in [5, 5.41) is 0. The number of unbranched alkanes of at least 4 members (excludes halogenated alkanes) is 6. The van der Waals surface area contributed by atoms with E-state index in [1.165, 1.54) is 44.9 Å². The summed E-state index contributed by atoms with van der Waals surface area (Å²) < 4.78 is 16.6. The van der Waals surface area contributed by atoms with Gasteiger partial charge in [-0.2, -0.15) is 0 Å². The van der Waals surface area contributed by atoms with Gasteiger partial charge in [0.15, 0.2) is 0 Å². The van der Waals surface area contributed by atoms with Crippen LogP contribution in [-0.4, -0.2) is 33.8 Å². The van der Waals surface area contributed by atoms with Crippen LogP contribution in [0.3, 0.4) is 0 Å². The van der Waals surface area contributed by atoms with Crippen molar-refractivity contribution in [3.8, 4) is 0 Å². The minimum atomic E-state index is -0.934. The third kappa shape index (κ3) is 8.44. The average Bonchev–Trinajstić information content (AvgIpc) is 2.55. The van der Waals surface area contributed by atoms with E-state index in [1.807, 2.05) is 0 Å². The lowest BCUT2D eigenvalue weighted by molar-refractivity contribution is -0.380. The van der Waals surface area contributed by atoms with Crippen LogP contribution in [0, 0.1) is 5.92 Å². The van der Waals surface area contributed by atoms with Crippen LogP contribution in [0.1, 0.15) is 71.1 Å². The quantitative estimate of drug-likeness (QED) is 0.197. The van der Waals surface area contributed by atoms with Crippen molar-refractivity contribution in [3.63, 3.8) is 0 Å². The Labute approximate surface area is 137 Å². The molecule has 5 heteroatoms. The minimum Gasteiger partial charge on any atom is -0.331 e. The highest BCUT2D eigenvalue weighted by Crippen LogP contribution is 2.32. The highest BCUT2D eigenvalue weighted by atomic mass is 16.9. The number of hydrazine groups is 1. The molecule has 1 unspecified atom stereocenters. The molecule has 5 nitrogen and oxygen atoms in total. The molecule has 0 aliphatic heterocycles. The Bertz CT molecular complexity index is 228. The highest BCUT2D eigenvalue weighted by Gasteiger charge is 2.39. The van der Waals surface area contributed by atoms with Crippen molar-refractivity contribution in [1.29, 1.82) is 0 Å². The second-order valence-corrected chi connectivity index (χ2v) is 5.92. The topological polar surface area (TPSA) is 65.7 Å². The van der Waals surface area contributed by atoms with E-state index >= 15 is 0 Å². The molecule has 0 aromatic carbocycles. The Morgan fingerprint density at radius 3 is 1.82 bits per heavy atom. The van der Waals surface area contributed by atoms with Crippen molar-refractivity contribution in [1.82, 2.24) is 5.43 Å². The molecule has 0 aromatic rings. The molecule has 0 aliphatic carbocycles. The summed E-state index contributed by atoms with van der Waals surface area (Å²) in [6, 6.07) is 0. The summed E-state index contributed by atoms with van der Waals surface area (Å²) >= 11 is 0. The molecule has 22 heavy (non-hydrogen) atoms.